The number of hydrogen-bond donors (Lipinski definition) is 4. The Morgan fingerprint density at radius 2 is 2.00 bits per heavy atom. The van der Waals surface area contributed by atoms with E-state index in [1.165, 1.54) is 7.05 Å². The monoisotopic (exact) mass is 318 g/mol. The van der Waals surface area contributed by atoms with E-state index < -0.39 is 40.3 Å². The number of amides is 2. The lowest BCUT2D eigenvalue weighted by Crippen LogP contribution is -2.43. The summed E-state index contributed by atoms with van der Waals surface area (Å²) in [6.45, 7) is 0. The highest BCUT2D eigenvalue weighted by Gasteiger charge is 2.25. The van der Waals surface area contributed by atoms with Crippen molar-refractivity contribution in [1.29, 1.82) is 0 Å². The lowest BCUT2D eigenvalue weighted by molar-refractivity contribution is -0.140. The topological polar surface area (TPSA) is 175 Å². The molecule has 0 saturated heterocycles. The third-order valence-electron chi connectivity index (χ3n) is 2.55. The van der Waals surface area contributed by atoms with Crippen LogP contribution in [0.5, 0.6) is 0 Å². The molecule has 21 heavy (non-hydrogen) atoms. The van der Waals surface area contributed by atoms with Crippen molar-refractivity contribution in [2.75, 3.05) is 0 Å². The van der Waals surface area contributed by atoms with Gasteiger partial charge in [0.2, 0.25) is 15.9 Å². The number of aryl methyl sites for hydroxylation is 1. The number of carboxylic acids is 1. The molecule has 0 unspecified atom stereocenters. The van der Waals surface area contributed by atoms with E-state index in [1.807, 2.05) is 0 Å². The molecule has 0 aliphatic heterocycles. The highest BCUT2D eigenvalue weighted by Crippen LogP contribution is 2.12. The SMILES string of the molecule is Cn1cc(S(N)(=O)=O)cc1C(=O)N[C@H](CC(N)=O)C(=O)O. The van der Waals surface area contributed by atoms with Crippen molar-refractivity contribution in [3.05, 3.63) is 18.0 Å². The summed E-state index contributed by atoms with van der Waals surface area (Å²) in [6.07, 6.45) is 0.516. The van der Waals surface area contributed by atoms with E-state index in [0.29, 0.717) is 0 Å². The lowest BCUT2D eigenvalue weighted by atomic mass is 10.2. The second-order valence-electron chi connectivity index (χ2n) is 4.25. The molecule has 0 spiro atoms. The zero-order valence-corrected chi connectivity index (χ0v) is 11.8. The zero-order chi connectivity index (χ0) is 16.4. The van der Waals surface area contributed by atoms with Gasteiger partial charge in [0.1, 0.15) is 16.6 Å². The minimum atomic E-state index is -3.99. The van der Waals surface area contributed by atoms with Crippen molar-refractivity contribution in [3.8, 4) is 0 Å². The number of nitrogens with two attached hydrogens (primary N) is 2. The van der Waals surface area contributed by atoms with Crippen LogP contribution >= 0.6 is 0 Å². The van der Waals surface area contributed by atoms with E-state index in [4.69, 9.17) is 16.0 Å². The molecule has 2 amide bonds. The molecule has 0 aliphatic rings. The van der Waals surface area contributed by atoms with E-state index in [1.54, 1.807) is 0 Å². The van der Waals surface area contributed by atoms with Crippen molar-refractivity contribution in [3.63, 3.8) is 0 Å². The number of hydrogen-bond acceptors (Lipinski definition) is 5. The summed E-state index contributed by atoms with van der Waals surface area (Å²) in [6, 6.07) is -0.517. The first-order valence-electron chi connectivity index (χ1n) is 5.53. The number of carbonyl (C=O) groups is 3. The second kappa shape index (κ2) is 5.93. The molecule has 10 nitrogen and oxygen atoms in total. The van der Waals surface area contributed by atoms with E-state index in [2.05, 4.69) is 5.32 Å². The molecule has 11 heteroatoms. The maximum atomic E-state index is 11.9. The van der Waals surface area contributed by atoms with E-state index in [-0.39, 0.29) is 10.6 Å². The number of carboxylic acid groups (broad SMARTS) is 1. The van der Waals surface area contributed by atoms with Crippen LogP contribution in [0.1, 0.15) is 16.9 Å². The molecule has 0 bridgehead atoms. The Bertz CT molecular complexity index is 692. The standard InChI is InChI=1S/C10H14N4O6S/c1-14-4-5(21(12,19)20)2-7(14)9(16)13-6(10(17)18)3-8(11)15/h2,4,6H,3H2,1H3,(H2,11,15)(H,13,16)(H,17,18)(H2,12,19,20)/t6-/m1/s1. The van der Waals surface area contributed by atoms with Crippen LogP contribution < -0.4 is 16.2 Å². The summed E-state index contributed by atoms with van der Waals surface area (Å²) in [5.74, 6) is -3.22. The molecule has 1 atom stereocenters. The minimum Gasteiger partial charge on any atom is -0.480 e. The van der Waals surface area contributed by atoms with Gasteiger partial charge in [-0.25, -0.2) is 18.4 Å². The summed E-state index contributed by atoms with van der Waals surface area (Å²) < 4.78 is 23.5. The number of sulfonamides is 1. The maximum absolute atomic E-state index is 11.9. The quantitative estimate of drug-likeness (QED) is 0.460. The predicted octanol–water partition coefficient (Wildman–Crippen LogP) is -2.27. The average Bonchev–Trinajstić information content (AvgIpc) is 2.69. The van der Waals surface area contributed by atoms with Gasteiger partial charge in [0, 0.05) is 13.2 Å². The van der Waals surface area contributed by atoms with Crippen LogP contribution in [0.4, 0.5) is 0 Å². The van der Waals surface area contributed by atoms with E-state index >= 15 is 0 Å². The highest BCUT2D eigenvalue weighted by molar-refractivity contribution is 7.89. The number of carbonyl (C=O) groups excluding carboxylic acids is 2. The van der Waals surface area contributed by atoms with Crippen molar-refractivity contribution >= 4 is 27.8 Å². The average molecular weight is 318 g/mol. The molecule has 0 fully saturated rings. The van der Waals surface area contributed by atoms with Gasteiger partial charge in [-0.1, -0.05) is 0 Å². The second-order valence-corrected chi connectivity index (χ2v) is 5.81. The fourth-order valence-electron chi connectivity index (χ4n) is 1.55. The number of aliphatic carboxylic acids is 1. The van der Waals surface area contributed by atoms with Crippen LogP contribution in [-0.2, 0) is 26.7 Å². The summed E-state index contributed by atoms with van der Waals surface area (Å²) in [5.41, 5.74) is 4.75. The number of nitrogens with one attached hydrogen (secondary N) is 1. The Balaban J connectivity index is 3.01. The molecule has 0 aliphatic carbocycles. The number of rotatable bonds is 6. The molecule has 116 valence electrons. The van der Waals surface area contributed by atoms with Crippen LogP contribution in [0.25, 0.3) is 0 Å². The van der Waals surface area contributed by atoms with Gasteiger partial charge in [-0.2, -0.15) is 0 Å². The van der Waals surface area contributed by atoms with Crippen LogP contribution in [0, 0.1) is 0 Å². The number of aromatic nitrogens is 1. The lowest BCUT2D eigenvalue weighted by Gasteiger charge is -2.12. The number of nitrogens with zero attached hydrogens (tertiary/aromatic N) is 1. The first kappa shape index (κ1) is 16.7. The van der Waals surface area contributed by atoms with Gasteiger partial charge in [0.25, 0.3) is 5.91 Å². The largest absolute Gasteiger partial charge is 0.480 e. The van der Waals surface area contributed by atoms with Crippen LogP contribution in [-0.4, -0.2) is 41.9 Å². The molecule has 1 aromatic rings. The predicted molar refractivity (Wildman–Crippen MR) is 69.5 cm³/mol. The van der Waals surface area contributed by atoms with Crippen LogP contribution in [0.3, 0.4) is 0 Å². The third kappa shape index (κ3) is 4.29. The minimum absolute atomic E-state index is 0.130. The van der Waals surface area contributed by atoms with E-state index in [9.17, 15) is 22.8 Å². The Morgan fingerprint density at radius 3 is 2.38 bits per heavy atom. The van der Waals surface area contributed by atoms with Gasteiger partial charge < -0.3 is 20.7 Å². The fraction of sp³-hybridized carbons (Fsp3) is 0.300. The van der Waals surface area contributed by atoms with Gasteiger partial charge in [0.15, 0.2) is 0 Å². The number of primary sulfonamides is 1. The van der Waals surface area contributed by atoms with Gasteiger partial charge in [-0.15, -0.1) is 0 Å². The van der Waals surface area contributed by atoms with Crippen molar-refractivity contribution < 1.29 is 27.9 Å². The van der Waals surface area contributed by atoms with Crippen molar-refractivity contribution in [2.45, 2.75) is 17.4 Å². The Labute approximate surface area is 119 Å². The fourth-order valence-corrected chi connectivity index (χ4v) is 2.13. The summed E-state index contributed by atoms with van der Waals surface area (Å²) >= 11 is 0. The Hall–Kier alpha value is -2.40. The normalized spacial score (nSPS) is 12.7. The first-order valence-corrected chi connectivity index (χ1v) is 7.08. The van der Waals surface area contributed by atoms with Crippen molar-refractivity contribution in [1.82, 2.24) is 9.88 Å². The maximum Gasteiger partial charge on any atom is 0.326 e. The molecule has 0 radical (unpaired) electrons. The molecular weight excluding hydrogens is 304 g/mol. The molecular formula is C10H14N4O6S. The Kier molecular flexibility index (Phi) is 4.70. The Morgan fingerprint density at radius 1 is 1.43 bits per heavy atom. The van der Waals surface area contributed by atoms with Crippen LogP contribution in [0.2, 0.25) is 0 Å². The molecule has 1 rings (SSSR count). The van der Waals surface area contributed by atoms with Crippen LogP contribution in [0.15, 0.2) is 17.2 Å². The summed E-state index contributed by atoms with van der Waals surface area (Å²) in [4.78, 5) is 33.3. The number of primary amides is 1. The molecule has 1 heterocycles. The summed E-state index contributed by atoms with van der Waals surface area (Å²) in [7, 11) is -2.61. The van der Waals surface area contributed by atoms with Gasteiger partial charge in [0.05, 0.1) is 6.42 Å². The van der Waals surface area contributed by atoms with Gasteiger partial charge >= 0.3 is 5.97 Å². The molecule has 6 N–H and O–H groups in total. The highest BCUT2D eigenvalue weighted by atomic mass is 32.2. The zero-order valence-electron chi connectivity index (χ0n) is 10.9. The van der Waals surface area contributed by atoms with Gasteiger partial charge in [-0.3, -0.25) is 9.59 Å². The smallest absolute Gasteiger partial charge is 0.326 e. The molecule has 0 aromatic carbocycles. The van der Waals surface area contributed by atoms with Crippen molar-refractivity contribution in [2.24, 2.45) is 17.9 Å². The molecule has 0 saturated carbocycles. The summed E-state index contributed by atoms with van der Waals surface area (Å²) in [5, 5.41) is 15.9. The van der Waals surface area contributed by atoms with Gasteiger partial charge in [-0.05, 0) is 6.07 Å². The molecule has 1 aromatic heterocycles. The third-order valence-corrected chi connectivity index (χ3v) is 3.43. The first-order chi connectivity index (χ1) is 9.52. The van der Waals surface area contributed by atoms with E-state index in [0.717, 1.165) is 16.8 Å².